The molecule has 2 aromatic carbocycles. The van der Waals surface area contributed by atoms with Crippen molar-refractivity contribution in [2.45, 2.75) is 37.3 Å². The van der Waals surface area contributed by atoms with E-state index in [1.165, 1.54) is 26.8 Å². The Kier molecular flexibility index (Phi) is 4.76. The number of benzene rings is 2. The van der Waals surface area contributed by atoms with Crippen LogP contribution in [-0.2, 0) is 11.2 Å². The second kappa shape index (κ2) is 6.79. The first-order valence-electron chi connectivity index (χ1n) is 8.20. The first-order chi connectivity index (χ1) is 11.1. The fourth-order valence-electron chi connectivity index (χ4n) is 3.05. The summed E-state index contributed by atoms with van der Waals surface area (Å²) in [7, 11) is 0. The molecule has 1 heterocycles. The van der Waals surface area contributed by atoms with Crippen LogP contribution in [0.4, 0.5) is 0 Å². The zero-order chi connectivity index (χ0) is 16.4. The molecule has 3 heteroatoms. The van der Waals surface area contributed by atoms with Crippen LogP contribution in [0.5, 0.6) is 0 Å². The van der Waals surface area contributed by atoms with Crippen LogP contribution in [-0.4, -0.2) is 17.7 Å². The van der Waals surface area contributed by atoms with Gasteiger partial charge in [-0.1, -0.05) is 50.3 Å². The van der Waals surface area contributed by atoms with Crippen LogP contribution in [0.15, 0.2) is 41.3 Å². The fourth-order valence-corrected chi connectivity index (χ4v) is 4.22. The van der Waals surface area contributed by atoms with Crippen LogP contribution < -0.4 is 5.32 Å². The Balaban J connectivity index is 2.00. The van der Waals surface area contributed by atoms with E-state index < -0.39 is 0 Å². The number of thioether (sulfide) groups is 1. The van der Waals surface area contributed by atoms with E-state index in [1.54, 1.807) is 6.92 Å². The Morgan fingerprint density at radius 3 is 2.83 bits per heavy atom. The molecule has 1 amide bonds. The third kappa shape index (κ3) is 3.45. The van der Waals surface area contributed by atoms with Crippen molar-refractivity contribution in [3.63, 3.8) is 0 Å². The molecular weight excluding hydrogens is 302 g/mol. The van der Waals surface area contributed by atoms with Gasteiger partial charge in [-0.2, -0.15) is 0 Å². The molecule has 2 nitrogen and oxygen atoms in total. The highest BCUT2D eigenvalue weighted by Crippen LogP contribution is 2.40. The molecule has 1 atom stereocenters. The average molecular weight is 325 g/mol. The van der Waals surface area contributed by atoms with Gasteiger partial charge in [0.1, 0.15) is 0 Å². The lowest BCUT2D eigenvalue weighted by molar-refractivity contribution is -0.118. The number of hydrogen-bond donors (Lipinski definition) is 1. The minimum absolute atomic E-state index is 0.0301. The van der Waals surface area contributed by atoms with Gasteiger partial charge in [0, 0.05) is 23.6 Å². The number of amides is 1. The number of fused-ring (bicyclic) bond motifs is 3. The summed E-state index contributed by atoms with van der Waals surface area (Å²) < 4.78 is 0. The van der Waals surface area contributed by atoms with E-state index in [1.807, 2.05) is 11.8 Å². The summed E-state index contributed by atoms with van der Waals surface area (Å²) >= 11 is 1.96. The summed E-state index contributed by atoms with van der Waals surface area (Å²) in [6.07, 6.45) is 5.49. The molecule has 3 rings (SSSR count). The zero-order valence-corrected chi connectivity index (χ0v) is 14.7. The van der Waals surface area contributed by atoms with Crippen molar-refractivity contribution < 1.29 is 4.79 Å². The fraction of sp³-hybridized carbons (Fsp3) is 0.350. The molecule has 1 N–H and O–H groups in total. The molecule has 23 heavy (non-hydrogen) atoms. The highest BCUT2D eigenvalue weighted by atomic mass is 32.2. The van der Waals surface area contributed by atoms with E-state index in [9.17, 15) is 4.79 Å². The number of hydrogen-bond acceptors (Lipinski definition) is 2. The van der Waals surface area contributed by atoms with Gasteiger partial charge in [0.15, 0.2) is 0 Å². The molecule has 0 bridgehead atoms. The van der Waals surface area contributed by atoms with Crippen molar-refractivity contribution in [1.82, 2.24) is 5.32 Å². The lowest BCUT2D eigenvalue weighted by atomic mass is 9.96. The van der Waals surface area contributed by atoms with E-state index in [2.05, 4.69) is 61.6 Å². The van der Waals surface area contributed by atoms with E-state index >= 15 is 0 Å². The van der Waals surface area contributed by atoms with Gasteiger partial charge in [0.25, 0.3) is 0 Å². The van der Waals surface area contributed by atoms with Gasteiger partial charge in [-0.3, -0.25) is 4.79 Å². The molecule has 0 saturated carbocycles. The van der Waals surface area contributed by atoms with Gasteiger partial charge in [0.2, 0.25) is 5.91 Å². The third-order valence-corrected chi connectivity index (χ3v) is 5.86. The number of carbonyl (C=O) groups is 1. The Hall–Kier alpha value is -1.74. The molecule has 0 saturated heterocycles. The smallest absolute Gasteiger partial charge is 0.216 e. The van der Waals surface area contributed by atoms with Crippen LogP contribution >= 0.6 is 11.8 Å². The largest absolute Gasteiger partial charge is 0.356 e. The quantitative estimate of drug-likeness (QED) is 0.885. The van der Waals surface area contributed by atoms with Crippen LogP contribution in [0.2, 0.25) is 0 Å². The van der Waals surface area contributed by atoms with Crippen molar-refractivity contribution in [1.29, 1.82) is 0 Å². The van der Waals surface area contributed by atoms with Crippen molar-refractivity contribution in [3.8, 4) is 0 Å². The van der Waals surface area contributed by atoms with Crippen molar-refractivity contribution in [3.05, 3.63) is 47.5 Å². The summed E-state index contributed by atoms with van der Waals surface area (Å²) in [5, 5.41) is 6.06. The molecule has 0 spiro atoms. The van der Waals surface area contributed by atoms with E-state index in [4.69, 9.17) is 0 Å². The average Bonchev–Trinajstić information content (AvgIpc) is 2.53. The van der Waals surface area contributed by atoms with Gasteiger partial charge >= 0.3 is 0 Å². The van der Waals surface area contributed by atoms with E-state index in [0.29, 0.717) is 17.7 Å². The first kappa shape index (κ1) is 16.1. The van der Waals surface area contributed by atoms with Gasteiger partial charge < -0.3 is 5.32 Å². The molecule has 1 aliphatic heterocycles. The van der Waals surface area contributed by atoms with Crippen LogP contribution in [0.25, 0.3) is 16.8 Å². The highest BCUT2D eigenvalue weighted by Gasteiger charge is 2.19. The standard InChI is InChI=1S/C20H23NOS/c1-13(2)18-10-8-17-19(23-18)9-7-15-5-4-6-16(20(15)17)11-12-21-14(3)22/h4-10,13,18H,11-12H2,1-3H3,(H,21,22). The lowest BCUT2D eigenvalue weighted by Gasteiger charge is -2.23. The molecule has 0 fully saturated rings. The van der Waals surface area contributed by atoms with Crippen molar-refractivity contribution in [2.24, 2.45) is 5.92 Å². The molecule has 0 aromatic heterocycles. The van der Waals surface area contributed by atoms with Gasteiger partial charge in [-0.05, 0) is 40.3 Å². The minimum atomic E-state index is 0.0301. The Morgan fingerprint density at radius 1 is 1.26 bits per heavy atom. The predicted molar refractivity (Wildman–Crippen MR) is 99.9 cm³/mol. The van der Waals surface area contributed by atoms with E-state index in [0.717, 1.165) is 6.42 Å². The SMILES string of the molecule is CC(=O)NCCc1cccc2ccc3c(c12)C=CC(C(C)C)S3. The summed E-state index contributed by atoms with van der Waals surface area (Å²) in [6.45, 7) is 6.79. The third-order valence-electron chi connectivity index (χ3n) is 4.27. The maximum atomic E-state index is 11.1. The second-order valence-corrected chi connectivity index (χ2v) is 7.63. The Morgan fingerprint density at radius 2 is 2.09 bits per heavy atom. The maximum absolute atomic E-state index is 11.1. The molecule has 1 unspecified atom stereocenters. The monoisotopic (exact) mass is 325 g/mol. The first-order valence-corrected chi connectivity index (χ1v) is 9.08. The van der Waals surface area contributed by atoms with Crippen LogP contribution in [0.3, 0.4) is 0 Å². The number of carbonyl (C=O) groups excluding carboxylic acids is 1. The summed E-state index contributed by atoms with van der Waals surface area (Å²) in [6, 6.07) is 10.9. The molecule has 1 aliphatic rings. The molecule has 120 valence electrons. The molecule has 0 aliphatic carbocycles. The van der Waals surface area contributed by atoms with Crippen LogP contribution in [0, 0.1) is 5.92 Å². The lowest BCUT2D eigenvalue weighted by Crippen LogP contribution is -2.22. The molecular formula is C20H23NOS. The van der Waals surface area contributed by atoms with E-state index in [-0.39, 0.29) is 5.91 Å². The topological polar surface area (TPSA) is 29.1 Å². The summed E-state index contributed by atoms with van der Waals surface area (Å²) in [5.41, 5.74) is 2.64. The van der Waals surface area contributed by atoms with Crippen LogP contribution in [0.1, 0.15) is 31.9 Å². The predicted octanol–water partition coefficient (Wildman–Crippen LogP) is 4.66. The van der Waals surface area contributed by atoms with Crippen molar-refractivity contribution in [2.75, 3.05) is 6.54 Å². The minimum Gasteiger partial charge on any atom is -0.356 e. The van der Waals surface area contributed by atoms with Gasteiger partial charge in [-0.25, -0.2) is 0 Å². The zero-order valence-electron chi connectivity index (χ0n) is 13.9. The maximum Gasteiger partial charge on any atom is 0.216 e. The normalized spacial score (nSPS) is 16.6. The Labute approximate surface area is 142 Å². The Bertz CT molecular complexity index is 764. The number of nitrogens with one attached hydrogen (secondary N) is 1. The second-order valence-electron chi connectivity index (χ2n) is 6.41. The summed E-state index contributed by atoms with van der Waals surface area (Å²) in [4.78, 5) is 12.5. The molecule has 2 aromatic rings. The number of rotatable bonds is 4. The van der Waals surface area contributed by atoms with Gasteiger partial charge in [-0.15, -0.1) is 11.8 Å². The summed E-state index contributed by atoms with van der Waals surface area (Å²) in [5.74, 6) is 0.664. The van der Waals surface area contributed by atoms with Gasteiger partial charge in [0.05, 0.1) is 0 Å². The highest BCUT2D eigenvalue weighted by molar-refractivity contribution is 8.00. The molecule has 0 radical (unpaired) electrons. The van der Waals surface area contributed by atoms with Crippen molar-refractivity contribution >= 4 is 34.5 Å².